The topological polar surface area (TPSA) is 188 Å². The third-order valence-corrected chi connectivity index (χ3v) is 10.5. The van der Waals surface area contributed by atoms with Gasteiger partial charge in [-0.2, -0.15) is 0 Å². The van der Waals surface area contributed by atoms with Gasteiger partial charge in [-0.05, 0) is 56.8 Å². The molecule has 16 atom stereocenters. The monoisotopic (exact) mass is 541 g/mol. The smallest absolute Gasteiger partial charge is 0.278 e. The lowest BCUT2D eigenvalue weighted by atomic mass is 9.45. The normalized spacial score (nSPS) is 52.9. The molecule has 216 valence electrons. The highest BCUT2D eigenvalue weighted by atomic mass is 19.3. The lowest BCUT2D eigenvalue weighted by Crippen LogP contribution is -2.78. The summed E-state index contributed by atoms with van der Waals surface area (Å²) in [7, 11) is 0. The third-order valence-electron chi connectivity index (χ3n) is 10.5. The van der Waals surface area contributed by atoms with Crippen LogP contribution >= 0.6 is 0 Å². The van der Waals surface area contributed by atoms with Crippen molar-refractivity contribution in [3.63, 3.8) is 0 Å². The Kier molecular flexibility index (Phi) is 7.80. The number of rotatable bonds is 5. The molecule has 0 saturated heterocycles. The molecule has 0 aromatic heterocycles. The quantitative estimate of drug-likeness (QED) is 0.202. The maximum Gasteiger partial charge on any atom is 0.278 e. The van der Waals surface area contributed by atoms with Crippen molar-refractivity contribution in [1.29, 1.82) is 0 Å². The Labute approximate surface area is 214 Å². The van der Waals surface area contributed by atoms with Gasteiger partial charge in [0.15, 0.2) is 5.67 Å². The van der Waals surface area contributed by atoms with E-state index in [0.717, 1.165) is 6.92 Å². The minimum absolute atomic E-state index is 0.137. The summed E-state index contributed by atoms with van der Waals surface area (Å²) in [6, 6.07) is 0. The van der Waals surface area contributed by atoms with E-state index in [0.29, 0.717) is 26.2 Å². The fourth-order valence-corrected chi connectivity index (χ4v) is 8.35. The summed E-state index contributed by atoms with van der Waals surface area (Å²) in [5.74, 6) is -10.7. The van der Waals surface area contributed by atoms with E-state index in [4.69, 9.17) is 5.73 Å². The average Bonchev–Trinajstić information content (AvgIpc) is 2.77. The van der Waals surface area contributed by atoms with Gasteiger partial charge in [-0.25, -0.2) is 13.2 Å². The number of hydrogen-bond donors (Lipinski definition) is 9. The molecule has 4 saturated carbocycles. The van der Waals surface area contributed by atoms with Crippen LogP contribution in [0.4, 0.5) is 13.2 Å². The first kappa shape index (κ1) is 29.4. The molecule has 0 heterocycles. The zero-order chi connectivity index (χ0) is 27.8. The molecular formula is C25H42F3NO8. The molecule has 9 nitrogen and oxygen atoms in total. The van der Waals surface area contributed by atoms with Gasteiger partial charge in [0.2, 0.25) is 0 Å². The molecule has 10 N–H and O–H groups in total. The molecule has 4 aliphatic carbocycles. The second-order valence-corrected chi connectivity index (χ2v) is 12.4. The van der Waals surface area contributed by atoms with E-state index in [9.17, 15) is 54.0 Å². The number of fused-ring (bicyclic) bond motifs is 3. The standard InChI is InChI=1S/C25H42F3NO8/c1-23(26,24(2,27)28)7-6-10-9-4-3-5-12(30)14(9)19(33)17-15(10)18(32)11-8-13(31)16(22(29)36)20(34)25(11,37)21(17)35/h9-22,30-37H,3-8,29H2,1-2H3. The van der Waals surface area contributed by atoms with Gasteiger partial charge in [-0.15, -0.1) is 0 Å². The van der Waals surface area contributed by atoms with Crippen LogP contribution in [0.15, 0.2) is 0 Å². The molecule has 37 heavy (non-hydrogen) atoms. The molecule has 0 aromatic rings. The molecule has 0 aliphatic heterocycles. The summed E-state index contributed by atoms with van der Waals surface area (Å²) in [6.45, 7) is 1.28. The fourth-order valence-electron chi connectivity index (χ4n) is 8.35. The van der Waals surface area contributed by atoms with E-state index in [1.165, 1.54) is 0 Å². The molecule has 4 fully saturated rings. The molecule has 16 unspecified atom stereocenters. The number of hydrogen-bond acceptors (Lipinski definition) is 9. The van der Waals surface area contributed by atoms with Crippen molar-refractivity contribution in [1.82, 2.24) is 0 Å². The fraction of sp³-hybridized carbons (Fsp3) is 1.00. The third kappa shape index (κ3) is 4.44. The maximum atomic E-state index is 15.0. The molecule has 4 rings (SSSR count). The van der Waals surface area contributed by atoms with Crippen LogP contribution in [0.2, 0.25) is 0 Å². The Hall–Kier alpha value is -0.570. The van der Waals surface area contributed by atoms with Crippen LogP contribution in [-0.2, 0) is 0 Å². The first-order valence-electron chi connectivity index (χ1n) is 13.3. The Morgan fingerprint density at radius 2 is 1.51 bits per heavy atom. The zero-order valence-electron chi connectivity index (χ0n) is 21.1. The van der Waals surface area contributed by atoms with Gasteiger partial charge in [-0.1, -0.05) is 6.42 Å². The van der Waals surface area contributed by atoms with Crippen molar-refractivity contribution < 1.29 is 54.0 Å². The summed E-state index contributed by atoms with van der Waals surface area (Å²) in [6.07, 6.45) is -10.7. The van der Waals surface area contributed by atoms with E-state index >= 15 is 0 Å². The maximum absolute atomic E-state index is 15.0. The first-order chi connectivity index (χ1) is 17.0. The lowest BCUT2D eigenvalue weighted by Gasteiger charge is -2.65. The SMILES string of the molecule is CC(F)(F)C(C)(F)CCC1C2CCCC(O)C2C(O)C2C1C(O)C1CC(O)C(C(N)O)C(O)C1(O)C2O. The van der Waals surface area contributed by atoms with Crippen molar-refractivity contribution in [2.45, 2.75) is 112 Å². The van der Waals surface area contributed by atoms with Crippen LogP contribution in [0, 0.1) is 41.4 Å². The van der Waals surface area contributed by atoms with Crippen molar-refractivity contribution in [3.05, 3.63) is 0 Å². The predicted octanol–water partition coefficient (Wildman–Crippen LogP) is -0.748. The number of nitrogens with two attached hydrogens (primary N) is 1. The largest absolute Gasteiger partial charge is 0.393 e. The van der Waals surface area contributed by atoms with E-state index in [-0.39, 0.29) is 12.8 Å². The van der Waals surface area contributed by atoms with E-state index < -0.39 is 108 Å². The highest BCUT2D eigenvalue weighted by Gasteiger charge is 2.70. The zero-order valence-corrected chi connectivity index (χ0v) is 21.1. The predicted molar refractivity (Wildman–Crippen MR) is 123 cm³/mol. The Morgan fingerprint density at radius 1 is 0.892 bits per heavy atom. The molecule has 0 bridgehead atoms. The first-order valence-corrected chi connectivity index (χ1v) is 13.3. The van der Waals surface area contributed by atoms with Crippen LogP contribution in [0.3, 0.4) is 0 Å². The molecule has 12 heteroatoms. The minimum Gasteiger partial charge on any atom is -0.393 e. The highest BCUT2D eigenvalue weighted by Crippen LogP contribution is 2.60. The Balaban J connectivity index is 1.76. The average molecular weight is 542 g/mol. The van der Waals surface area contributed by atoms with E-state index in [2.05, 4.69) is 0 Å². The second kappa shape index (κ2) is 9.81. The van der Waals surface area contributed by atoms with Gasteiger partial charge in [0.25, 0.3) is 5.92 Å². The van der Waals surface area contributed by atoms with Crippen molar-refractivity contribution in [2.75, 3.05) is 0 Å². The molecule has 0 radical (unpaired) electrons. The van der Waals surface area contributed by atoms with Crippen LogP contribution < -0.4 is 5.73 Å². The summed E-state index contributed by atoms with van der Waals surface area (Å²) >= 11 is 0. The van der Waals surface area contributed by atoms with E-state index in [1.807, 2.05) is 0 Å². The molecule has 0 spiro atoms. The lowest BCUT2D eigenvalue weighted by molar-refractivity contribution is -0.325. The summed E-state index contributed by atoms with van der Waals surface area (Å²) in [5, 5.41) is 88.4. The van der Waals surface area contributed by atoms with Gasteiger partial charge in [0.05, 0.1) is 42.5 Å². The van der Waals surface area contributed by atoms with Crippen molar-refractivity contribution in [3.8, 4) is 0 Å². The number of aliphatic hydroxyl groups excluding tert-OH is 7. The summed E-state index contributed by atoms with van der Waals surface area (Å²) < 4.78 is 42.9. The molecule has 4 aliphatic rings. The number of alkyl halides is 3. The van der Waals surface area contributed by atoms with Crippen molar-refractivity contribution in [2.24, 2.45) is 47.2 Å². The van der Waals surface area contributed by atoms with Gasteiger partial charge in [-0.3, -0.25) is 0 Å². The van der Waals surface area contributed by atoms with Crippen LogP contribution in [0.1, 0.15) is 52.4 Å². The van der Waals surface area contributed by atoms with Crippen LogP contribution in [-0.4, -0.2) is 101 Å². The molecular weight excluding hydrogens is 499 g/mol. The number of aliphatic hydroxyl groups is 8. The van der Waals surface area contributed by atoms with E-state index in [1.54, 1.807) is 0 Å². The van der Waals surface area contributed by atoms with Gasteiger partial charge >= 0.3 is 0 Å². The number of halogens is 3. The van der Waals surface area contributed by atoms with Gasteiger partial charge in [0, 0.05) is 24.7 Å². The summed E-state index contributed by atoms with van der Waals surface area (Å²) in [4.78, 5) is 0. The van der Waals surface area contributed by atoms with Crippen LogP contribution in [0.5, 0.6) is 0 Å². The minimum atomic E-state index is -3.65. The Morgan fingerprint density at radius 3 is 2.08 bits per heavy atom. The highest BCUT2D eigenvalue weighted by molar-refractivity contribution is 5.19. The molecule has 0 aromatic carbocycles. The Bertz CT molecular complexity index is 830. The van der Waals surface area contributed by atoms with Gasteiger partial charge in [0.1, 0.15) is 11.8 Å². The molecule has 0 amide bonds. The second-order valence-electron chi connectivity index (χ2n) is 12.4. The summed E-state index contributed by atoms with van der Waals surface area (Å²) in [5.41, 5.74) is 0.161. The van der Waals surface area contributed by atoms with Crippen molar-refractivity contribution >= 4 is 0 Å². The van der Waals surface area contributed by atoms with Gasteiger partial charge < -0.3 is 46.6 Å². The van der Waals surface area contributed by atoms with Crippen LogP contribution in [0.25, 0.3) is 0 Å².